The van der Waals surface area contributed by atoms with Crippen LogP contribution in [0.5, 0.6) is 0 Å². The van der Waals surface area contributed by atoms with Crippen LogP contribution in [0, 0.1) is 23.2 Å². The third-order valence-corrected chi connectivity index (χ3v) is 5.63. The Bertz CT molecular complexity index is 1020. The Labute approximate surface area is 178 Å². The molecule has 1 fully saturated rings. The van der Waals surface area contributed by atoms with Crippen molar-refractivity contribution in [1.29, 1.82) is 5.26 Å². The third kappa shape index (κ3) is 5.32. The average molecular weight is 432 g/mol. The molecule has 0 aliphatic carbocycles. The van der Waals surface area contributed by atoms with Crippen molar-refractivity contribution >= 4 is 28.3 Å². The number of halogens is 3. The van der Waals surface area contributed by atoms with E-state index in [0.29, 0.717) is 22.2 Å². The number of hydrogen-bond acceptors (Lipinski definition) is 5. The molecule has 164 valence electrons. The lowest BCUT2D eigenvalue weighted by atomic mass is 9.84. The van der Waals surface area contributed by atoms with Gasteiger partial charge in [-0.15, -0.1) is 0 Å². The Morgan fingerprint density at radius 2 is 2.03 bits per heavy atom. The van der Waals surface area contributed by atoms with E-state index in [-0.39, 0.29) is 50.5 Å². The number of carbonyl (C=O) groups excluding carboxylic acids is 2. The Morgan fingerprint density at radius 1 is 1.26 bits per heavy atom. The second-order valence-electron chi connectivity index (χ2n) is 7.80. The van der Waals surface area contributed by atoms with Crippen LogP contribution < -0.4 is 10.2 Å². The van der Waals surface area contributed by atoms with Crippen LogP contribution in [0.15, 0.2) is 30.5 Å². The second-order valence-corrected chi connectivity index (χ2v) is 7.80. The number of Topliss-reactive ketones (excluding diaryl/α,β-unsaturated/α-hetero) is 1. The van der Waals surface area contributed by atoms with E-state index >= 15 is 0 Å². The summed E-state index contributed by atoms with van der Waals surface area (Å²) in [4.78, 5) is 29.5. The molecule has 1 aromatic carbocycles. The summed E-state index contributed by atoms with van der Waals surface area (Å²) in [6.45, 7) is 0.0660. The summed E-state index contributed by atoms with van der Waals surface area (Å²) in [5.74, 6) is -2.55. The van der Waals surface area contributed by atoms with Gasteiger partial charge in [0.2, 0.25) is 5.91 Å². The van der Waals surface area contributed by atoms with Gasteiger partial charge in [-0.1, -0.05) is 0 Å². The van der Waals surface area contributed by atoms with Gasteiger partial charge >= 0.3 is 6.18 Å². The number of hydrogen-bond donors (Lipinski definition) is 1. The summed E-state index contributed by atoms with van der Waals surface area (Å²) in [6, 6.07) is 8.68. The number of ketones is 1. The molecule has 1 saturated heterocycles. The molecule has 2 heterocycles. The number of carbonyl (C=O) groups is 2. The van der Waals surface area contributed by atoms with Gasteiger partial charge in [0.1, 0.15) is 11.9 Å². The molecule has 31 heavy (non-hydrogen) atoms. The number of piperidine rings is 1. The molecule has 0 spiro atoms. The number of rotatable bonds is 6. The Hall–Kier alpha value is -3.15. The third-order valence-electron chi connectivity index (χ3n) is 5.63. The summed E-state index contributed by atoms with van der Waals surface area (Å²) in [6.07, 6.45) is -2.94. The van der Waals surface area contributed by atoms with Gasteiger partial charge in [0.05, 0.1) is 17.0 Å². The molecular formula is C22H23F3N4O2. The summed E-state index contributed by atoms with van der Waals surface area (Å²) >= 11 is 0. The van der Waals surface area contributed by atoms with E-state index < -0.39 is 18.0 Å². The molecule has 2 unspecified atom stereocenters. The number of pyridine rings is 1. The zero-order valence-corrected chi connectivity index (χ0v) is 17.1. The molecule has 6 nitrogen and oxygen atoms in total. The first-order valence-electron chi connectivity index (χ1n) is 10.0. The van der Waals surface area contributed by atoms with Gasteiger partial charge in [-0.05, 0) is 36.6 Å². The molecule has 1 N–H and O–H groups in total. The van der Waals surface area contributed by atoms with E-state index in [2.05, 4.69) is 16.4 Å². The van der Waals surface area contributed by atoms with Gasteiger partial charge in [-0.25, -0.2) is 0 Å². The molecule has 1 amide bonds. The maximum absolute atomic E-state index is 13.7. The van der Waals surface area contributed by atoms with Crippen molar-refractivity contribution in [3.63, 3.8) is 0 Å². The van der Waals surface area contributed by atoms with E-state index in [1.807, 2.05) is 0 Å². The molecule has 1 aliphatic heterocycles. The van der Waals surface area contributed by atoms with Crippen LogP contribution in [0.25, 0.3) is 10.9 Å². The Balaban J connectivity index is 1.87. The number of aromatic nitrogens is 1. The van der Waals surface area contributed by atoms with E-state index in [1.165, 1.54) is 13.2 Å². The highest BCUT2D eigenvalue weighted by molar-refractivity contribution is 5.95. The highest BCUT2D eigenvalue weighted by atomic mass is 19.4. The van der Waals surface area contributed by atoms with Crippen LogP contribution in [-0.4, -0.2) is 43.0 Å². The highest BCUT2D eigenvalue weighted by Gasteiger charge is 2.45. The summed E-state index contributed by atoms with van der Waals surface area (Å²) in [5.41, 5.74) is 1.36. The van der Waals surface area contributed by atoms with Crippen molar-refractivity contribution < 1.29 is 22.8 Å². The molecule has 3 rings (SSSR count). The first-order chi connectivity index (χ1) is 14.7. The molecule has 0 radical (unpaired) electrons. The van der Waals surface area contributed by atoms with Crippen LogP contribution in [-0.2, 0) is 9.59 Å². The van der Waals surface area contributed by atoms with Crippen LogP contribution in [0.1, 0.15) is 31.2 Å². The summed E-state index contributed by atoms with van der Waals surface area (Å²) in [5, 5.41) is 12.4. The normalized spacial score (nSPS) is 19.1. The van der Waals surface area contributed by atoms with Gasteiger partial charge in [-0.3, -0.25) is 14.6 Å². The zero-order valence-electron chi connectivity index (χ0n) is 17.1. The number of anilines is 1. The Kier molecular flexibility index (Phi) is 6.78. The molecule has 0 bridgehead atoms. The summed E-state index contributed by atoms with van der Waals surface area (Å²) in [7, 11) is 1.47. The first kappa shape index (κ1) is 22.5. The predicted molar refractivity (Wildman–Crippen MR) is 109 cm³/mol. The lowest BCUT2D eigenvalue weighted by Gasteiger charge is -2.40. The quantitative estimate of drug-likeness (QED) is 0.754. The van der Waals surface area contributed by atoms with Crippen molar-refractivity contribution in [2.75, 3.05) is 25.0 Å². The highest BCUT2D eigenvalue weighted by Crippen LogP contribution is 2.40. The second kappa shape index (κ2) is 9.33. The van der Waals surface area contributed by atoms with E-state index in [1.54, 1.807) is 29.2 Å². The predicted octanol–water partition coefficient (Wildman–Crippen LogP) is 3.60. The number of alkyl halides is 3. The van der Waals surface area contributed by atoms with Crippen molar-refractivity contribution in [2.24, 2.45) is 11.8 Å². The number of nitriles is 1. The smallest absolute Gasteiger partial charge is 0.370 e. The topological polar surface area (TPSA) is 86.1 Å². The fourth-order valence-electron chi connectivity index (χ4n) is 4.11. The fraction of sp³-hybridized carbons (Fsp3) is 0.455. The van der Waals surface area contributed by atoms with Crippen LogP contribution in [0.3, 0.4) is 0 Å². The van der Waals surface area contributed by atoms with E-state index in [0.717, 1.165) is 0 Å². The van der Waals surface area contributed by atoms with Crippen molar-refractivity contribution in [3.8, 4) is 6.07 Å². The molecule has 1 aliphatic rings. The van der Waals surface area contributed by atoms with Gasteiger partial charge in [-0.2, -0.15) is 18.4 Å². The lowest BCUT2D eigenvalue weighted by molar-refractivity contribution is -0.179. The standard InChI is InChI=1S/C22H23F3N4O2/c1-27-20(31)7-5-17(30)10-14-9-16(22(23,24)25)13-29(12-14)19-6-4-15(11-26)21-18(19)3-2-8-28-21/h2-4,6,8,14,16H,5,7,9-10,12-13H2,1H3,(H,27,31). The SMILES string of the molecule is CNC(=O)CCC(=O)CC1CC(C(F)(F)F)CN(c2ccc(C#N)c3ncccc23)C1. The van der Waals surface area contributed by atoms with Gasteiger partial charge in [0.15, 0.2) is 0 Å². The average Bonchev–Trinajstić information content (AvgIpc) is 2.75. The van der Waals surface area contributed by atoms with Crippen LogP contribution >= 0.6 is 0 Å². The van der Waals surface area contributed by atoms with Crippen LogP contribution in [0.2, 0.25) is 0 Å². The zero-order chi connectivity index (χ0) is 22.6. The molecular weight excluding hydrogens is 409 g/mol. The summed E-state index contributed by atoms with van der Waals surface area (Å²) < 4.78 is 41.0. The fourth-order valence-corrected chi connectivity index (χ4v) is 4.11. The minimum absolute atomic E-state index is 0.00740. The first-order valence-corrected chi connectivity index (χ1v) is 10.0. The molecule has 2 aromatic rings. The molecule has 2 atom stereocenters. The van der Waals surface area contributed by atoms with Gasteiger partial charge in [0, 0.05) is 56.7 Å². The number of fused-ring (bicyclic) bond motifs is 1. The number of benzene rings is 1. The van der Waals surface area contributed by atoms with Crippen molar-refractivity contribution in [3.05, 3.63) is 36.0 Å². The molecule has 0 saturated carbocycles. The minimum atomic E-state index is -4.39. The largest absolute Gasteiger partial charge is 0.393 e. The lowest BCUT2D eigenvalue weighted by Crippen LogP contribution is -2.46. The van der Waals surface area contributed by atoms with Crippen LogP contribution in [0.4, 0.5) is 18.9 Å². The van der Waals surface area contributed by atoms with Crippen molar-refractivity contribution in [1.82, 2.24) is 10.3 Å². The number of nitrogens with one attached hydrogen (secondary N) is 1. The minimum Gasteiger partial charge on any atom is -0.370 e. The number of nitrogens with zero attached hydrogens (tertiary/aromatic N) is 3. The number of amides is 1. The van der Waals surface area contributed by atoms with Crippen molar-refractivity contribution in [2.45, 2.75) is 31.9 Å². The maximum atomic E-state index is 13.7. The van der Waals surface area contributed by atoms with E-state index in [4.69, 9.17) is 0 Å². The molecule has 1 aromatic heterocycles. The van der Waals surface area contributed by atoms with Gasteiger partial charge in [0.25, 0.3) is 0 Å². The van der Waals surface area contributed by atoms with E-state index in [9.17, 15) is 28.0 Å². The monoisotopic (exact) mass is 432 g/mol. The Morgan fingerprint density at radius 3 is 2.71 bits per heavy atom. The maximum Gasteiger partial charge on any atom is 0.393 e. The molecule has 9 heteroatoms. The van der Waals surface area contributed by atoms with Gasteiger partial charge < -0.3 is 10.2 Å².